The molecule has 136 valence electrons. The Hall–Kier alpha value is -1.39. The van der Waals surface area contributed by atoms with Crippen molar-refractivity contribution in [1.82, 2.24) is 4.90 Å². The van der Waals surface area contributed by atoms with Crippen molar-refractivity contribution in [2.45, 2.75) is 70.4 Å². The molecule has 0 aromatic heterocycles. The van der Waals surface area contributed by atoms with Crippen molar-refractivity contribution in [2.75, 3.05) is 6.61 Å². The molecule has 2 aliphatic heterocycles. The summed E-state index contributed by atoms with van der Waals surface area (Å²) in [5, 5.41) is 0. The molecule has 4 nitrogen and oxygen atoms in total. The highest BCUT2D eigenvalue weighted by molar-refractivity contribution is 5.78. The highest BCUT2D eigenvalue weighted by Crippen LogP contribution is 2.50. The fourth-order valence-electron chi connectivity index (χ4n) is 4.94. The maximum Gasteiger partial charge on any atom is 0.225 e. The molecule has 4 atom stereocenters. The minimum Gasteiger partial charge on any atom is -0.374 e. The van der Waals surface area contributed by atoms with Gasteiger partial charge in [-0.05, 0) is 37.2 Å². The molecule has 3 fully saturated rings. The lowest BCUT2D eigenvalue weighted by molar-refractivity contribution is -0.198. The molecular formula is C21H29NO3. The van der Waals surface area contributed by atoms with Gasteiger partial charge in [-0.1, -0.05) is 44.2 Å². The van der Waals surface area contributed by atoms with Crippen LogP contribution in [-0.4, -0.2) is 35.3 Å². The fraction of sp³-hybridized carbons (Fsp3) is 0.667. The first kappa shape index (κ1) is 17.0. The Labute approximate surface area is 150 Å². The van der Waals surface area contributed by atoms with E-state index in [-0.39, 0.29) is 23.8 Å². The van der Waals surface area contributed by atoms with Crippen LogP contribution in [0.2, 0.25) is 0 Å². The normalized spacial score (nSPS) is 34.9. The van der Waals surface area contributed by atoms with E-state index in [4.69, 9.17) is 9.47 Å². The predicted octanol–water partition coefficient (Wildman–Crippen LogP) is 3.75. The largest absolute Gasteiger partial charge is 0.374 e. The molecule has 3 aliphatic rings. The van der Waals surface area contributed by atoms with Gasteiger partial charge in [0.2, 0.25) is 5.91 Å². The molecule has 25 heavy (non-hydrogen) atoms. The number of rotatable bonds is 4. The van der Waals surface area contributed by atoms with Gasteiger partial charge in [0.05, 0.1) is 25.4 Å². The zero-order valence-electron chi connectivity index (χ0n) is 15.3. The quantitative estimate of drug-likeness (QED) is 0.836. The average molecular weight is 343 g/mol. The predicted molar refractivity (Wildman–Crippen MR) is 95.7 cm³/mol. The summed E-state index contributed by atoms with van der Waals surface area (Å²) in [6, 6.07) is 10.6. The van der Waals surface area contributed by atoms with E-state index >= 15 is 0 Å². The highest BCUT2D eigenvalue weighted by Gasteiger charge is 2.59. The van der Waals surface area contributed by atoms with E-state index in [9.17, 15) is 4.79 Å². The lowest BCUT2D eigenvalue weighted by atomic mass is 9.73. The fourth-order valence-corrected chi connectivity index (χ4v) is 4.94. The molecule has 1 aromatic carbocycles. The second-order valence-electron chi connectivity index (χ2n) is 8.16. The van der Waals surface area contributed by atoms with Crippen LogP contribution in [0, 0.1) is 11.8 Å². The summed E-state index contributed by atoms with van der Waals surface area (Å²) < 4.78 is 12.6. The zero-order chi connectivity index (χ0) is 17.4. The van der Waals surface area contributed by atoms with Gasteiger partial charge in [-0.25, -0.2) is 0 Å². The Morgan fingerprint density at radius 2 is 2.08 bits per heavy atom. The second kappa shape index (κ2) is 6.73. The Kier molecular flexibility index (Phi) is 4.59. The van der Waals surface area contributed by atoms with Crippen molar-refractivity contribution in [2.24, 2.45) is 11.8 Å². The second-order valence-corrected chi connectivity index (χ2v) is 8.16. The van der Waals surface area contributed by atoms with Crippen LogP contribution in [0.3, 0.4) is 0 Å². The number of nitrogens with zero attached hydrogens (tertiary/aromatic N) is 1. The van der Waals surface area contributed by atoms with Crippen molar-refractivity contribution >= 4 is 5.91 Å². The number of benzene rings is 1. The molecule has 4 rings (SSSR count). The van der Waals surface area contributed by atoms with Crippen molar-refractivity contribution in [3.63, 3.8) is 0 Å². The first-order valence-electron chi connectivity index (χ1n) is 9.72. The van der Waals surface area contributed by atoms with Gasteiger partial charge in [0.1, 0.15) is 5.72 Å². The average Bonchev–Trinajstić information content (AvgIpc) is 3.02. The third-order valence-electron chi connectivity index (χ3n) is 6.33. The molecule has 4 heteroatoms. The number of amides is 1. The van der Waals surface area contributed by atoms with E-state index in [0.29, 0.717) is 31.5 Å². The van der Waals surface area contributed by atoms with Crippen molar-refractivity contribution in [3.05, 3.63) is 35.9 Å². The van der Waals surface area contributed by atoms with E-state index in [0.717, 1.165) is 25.7 Å². The lowest BCUT2D eigenvalue weighted by Crippen LogP contribution is -2.62. The Bertz CT molecular complexity index is 617. The SMILES string of the molecule is CC(C)C1COC23CCC(OCc4ccccc4)CC2CCC(=O)N13. The first-order valence-corrected chi connectivity index (χ1v) is 9.72. The Balaban J connectivity index is 1.44. The smallest absolute Gasteiger partial charge is 0.225 e. The number of piperidine rings is 1. The topological polar surface area (TPSA) is 38.8 Å². The van der Waals surface area contributed by atoms with E-state index < -0.39 is 0 Å². The van der Waals surface area contributed by atoms with Gasteiger partial charge in [-0.15, -0.1) is 0 Å². The maximum absolute atomic E-state index is 12.6. The molecule has 2 heterocycles. The summed E-state index contributed by atoms with van der Waals surface area (Å²) in [6.07, 6.45) is 4.74. The van der Waals surface area contributed by atoms with Crippen LogP contribution in [0.4, 0.5) is 0 Å². The van der Waals surface area contributed by atoms with Crippen molar-refractivity contribution < 1.29 is 14.3 Å². The zero-order valence-corrected chi connectivity index (χ0v) is 15.3. The van der Waals surface area contributed by atoms with Gasteiger partial charge in [0, 0.05) is 12.3 Å². The van der Waals surface area contributed by atoms with Crippen LogP contribution in [-0.2, 0) is 20.9 Å². The van der Waals surface area contributed by atoms with Crippen LogP contribution < -0.4 is 0 Å². The number of hydrogen-bond donors (Lipinski definition) is 0. The van der Waals surface area contributed by atoms with Gasteiger partial charge >= 0.3 is 0 Å². The van der Waals surface area contributed by atoms with Gasteiger partial charge in [0.25, 0.3) is 0 Å². The van der Waals surface area contributed by atoms with E-state index in [1.54, 1.807) is 0 Å². The maximum atomic E-state index is 12.6. The summed E-state index contributed by atoms with van der Waals surface area (Å²) in [4.78, 5) is 14.8. The van der Waals surface area contributed by atoms with Gasteiger partial charge in [0.15, 0.2) is 0 Å². The summed E-state index contributed by atoms with van der Waals surface area (Å²) in [5.41, 5.74) is 0.872. The Morgan fingerprint density at radius 3 is 2.84 bits per heavy atom. The van der Waals surface area contributed by atoms with Gasteiger partial charge < -0.3 is 14.4 Å². The number of carbonyl (C=O) groups excluding carboxylic acids is 1. The third-order valence-corrected chi connectivity index (χ3v) is 6.33. The molecule has 0 bridgehead atoms. The molecule has 4 unspecified atom stereocenters. The van der Waals surface area contributed by atoms with Crippen LogP contribution in [0.5, 0.6) is 0 Å². The Morgan fingerprint density at radius 1 is 1.28 bits per heavy atom. The van der Waals surface area contributed by atoms with Crippen LogP contribution >= 0.6 is 0 Å². The molecule has 1 saturated carbocycles. The summed E-state index contributed by atoms with van der Waals surface area (Å²) in [6.45, 7) is 5.75. The first-order chi connectivity index (χ1) is 12.1. The summed E-state index contributed by atoms with van der Waals surface area (Å²) in [5.74, 6) is 1.13. The summed E-state index contributed by atoms with van der Waals surface area (Å²) in [7, 11) is 0. The standard InChI is InChI=1S/C21H29NO3/c1-15(2)19-14-25-21-11-10-18(24-13-16-6-4-3-5-7-16)12-17(21)8-9-20(23)22(19)21/h3-7,15,17-19H,8-14H2,1-2H3. The lowest BCUT2D eigenvalue weighted by Gasteiger charge is -2.52. The number of carbonyl (C=O) groups is 1. The van der Waals surface area contributed by atoms with Gasteiger partial charge in [-0.3, -0.25) is 4.79 Å². The summed E-state index contributed by atoms with van der Waals surface area (Å²) >= 11 is 0. The minimum atomic E-state index is -0.350. The molecule has 1 amide bonds. The molecular weight excluding hydrogens is 314 g/mol. The molecule has 0 radical (unpaired) electrons. The van der Waals surface area contributed by atoms with Crippen LogP contribution in [0.1, 0.15) is 51.5 Å². The number of ether oxygens (including phenoxy) is 2. The highest BCUT2D eigenvalue weighted by atomic mass is 16.5. The molecule has 1 aromatic rings. The van der Waals surface area contributed by atoms with Crippen LogP contribution in [0.25, 0.3) is 0 Å². The molecule has 0 N–H and O–H groups in total. The van der Waals surface area contributed by atoms with Crippen LogP contribution in [0.15, 0.2) is 30.3 Å². The van der Waals surface area contributed by atoms with Crippen molar-refractivity contribution in [1.29, 1.82) is 0 Å². The molecule has 2 saturated heterocycles. The van der Waals surface area contributed by atoms with Crippen molar-refractivity contribution in [3.8, 4) is 0 Å². The van der Waals surface area contributed by atoms with E-state index in [1.807, 2.05) is 6.07 Å². The minimum absolute atomic E-state index is 0.233. The van der Waals surface area contributed by atoms with E-state index in [1.165, 1.54) is 5.56 Å². The van der Waals surface area contributed by atoms with Gasteiger partial charge in [-0.2, -0.15) is 0 Å². The molecule has 1 spiro atoms. The number of hydrogen-bond acceptors (Lipinski definition) is 3. The monoisotopic (exact) mass is 343 g/mol. The third kappa shape index (κ3) is 3.00. The van der Waals surface area contributed by atoms with E-state index in [2.05, 4.69) is 43.0 Å². The molecule has 1 aliphatic carbocycles.